The van der Waals surface area contributed by atoms with Crippen LogP contribution in [0.15, 0.2) is 42.5 Å². The van der Waals surface area contributed by atoms with Gasteiger partial charge in [-0.25, -0.2) is 0 Å². The number of methoxy groups -OCH3 is 1. The van der Waals surface area contributed by atoms with Gasteiger partial charge < -0.3 is 25.1 Å². The van der Waals surface area contributed by atoms with Gasteiger partial charge in [-0.1, -0.05) is 12.1 Å². The maximum absolute atomic E-state index is 12.8. The largest absolute Gasteiger partial charge is 0.497 e. The summed E-state index contributed by atoms with van der Waals surface area (Å²) in [5, 5.41) is 4.04. The van der Waals surface area contributed by atoms with Crippen LogP contribution in [-0.2, 0) is 11.3 Å². The van der Waals surface area contributed by atoms with Crippen molar-refractivity contribution in [1.29, 1.82) is 0 Å². The number of fused-ring (bicyclic) bond motifs is 1. The number of aryl methyl sites for hydroxylation is 1. The van der Waals surface area contributed by atoms with Crippen LogP contribution in [0, 0.1) is 0 Å². The average molecular weight is 437 g/mol. The Hall–Kier alpha value is -3.03. The standard InChI is InChI=1S/C25H32N4O3/c1-3-29-22-17-20(31-2)8-9-21(22)23(26)24(29)18-6-4-7-19(16-18)25(30)27-10-5-11-28-12-14-32-15-13-28/h4,6-9,16-17H,3,5,10-15,26H2,1-2H3,(H,27,30). The lowest BCUT2D eigenvalue weighted by molar-refractivity contribution is 0.0374. The summed E-state index contributed by atoms with van der Waals surface area (Å²) >= 11 is 0. The minimum Gasteiger partial charge on any atom is -0.497 e. The molecule has 0 saturated carbocycles. The van der Waals surface area contributed by atoms with E-state index in [0.717, 1.165) is 73.7 Å². The summed E-state index contributed by atoms with van der Waals surface area (Å²) in [5.74, 6) is 0.731. The topological polar surface area (TPSA) is 81.8 Å². The first-order chi connectivity index (χ1) is 15.6. The van der Waals surface area contributed by atoms with Gasteiger partial charge in [0.25, 0.3) is 5.91 Å². The zero-order valence-corrected chi connectivity index (χ0v) is 18.9. The molecule has 1 aliphatic heterocycles. The van der Waals surface area contributed by atoms with Crippen molar-refractivity contribution in [2.45, 2.75) is 19.9 Å². The molecular formula is C25H32N4O3. The van der Waals surface area contributed by atoms with E-state index in [-0.39, 0.29) is 5.91 Å². The number of carbonyl (C=O) groups excluding carboxylic acids is 1. The normalized spacial score (nSPS) is 14.6. The number of ether oxygens (including phenoxy) is 2. The molecule has 32 heavy (non-hydrogen) atoms. The molecule has 0 atom stereocenters. The van der Waals surface area contributed by atoms with E-state index < -0.39 is 0 Å². The van der Waals surface area contributed by atoms with Crippen LogP contribution in [0.2, 0.25) is 0 Å². The SMILES string of the molecule is CCn1c(-c2cccc(C(=O)NCCCN3CCOCC3)c2)c(N)c2ccc(OC)cc21. The Bertz CT molecular complexity index is 1090. The molecule has 1 fully saturated rings. The van der Waals surface area contributed by atoms with Gasteiger partial charge in [0.05, 0.1) is 37.2 Å². The van der Waals surface area contributed by atoms with Crippen LogP contribution in [0.25, 0.3) is 22.2 Å². The predicted octanol–water partition coefficient (Wildman–Crippen LogP) is 3.37. The highest BCUT2D eigenvalue weighted by atomic mass is 16.5. The number of rotatable bonds is 8. The van der Waals surface area contributed by atoms with Crippen molar-refractivity contribution in [3.63, 3.8) is 0 Å². The molecule has 0 unspecified atom stereocenters. The van der Waals surface area contributed by atoms with Gasteiger partial charge in [0, 0.05) is 48.8 Å². The summed E-state index contributed by atoms with van der Waals surface area (Å²) in [4.78, 5) is 15.1. The van der Waals surface area contributed by atoms with E-state index in [9.17, 15) is 4.79 Å². The molecule has 1 saturated heterocycles. The van der Waals surface area contributed by atoms with Crippen LogP contribution < -0.4 is 15.8 Å². The van der Waals surface area contributed by atoms with Crippen molar-refractivity contribution < 1.29 is 14.3 Å². The second-order valence-corrected chi connectivity index (χ2v) is 8.03. The first-order valence-corrected chi connectivity index (χ1v) is 11.3. The van der Waals surface area contributed by atoms with Crippen LogP contribution in [0.1, 0.15) is 23.7 Å². The molecule has 1 aliphatic rings. The van der Waals surface area contributed by atoms with Gasteiger partial charge in [-0.3, -0.25) is 9.69 Å². The number of nitrogens with one attached hydrogen (secondary N) is 1. The molecule has 4 rings (SSSR count). The van der Waals surface area contributed by atoms with Crippen molar-refractivity contribution in [1.82, 2.24) is 14.8 Å². The Morgan fingerprint density at radius 1 is 1.19 bits per heavy atom. The number of amides is 1. The highest BCUT2D eigenvalue weighted by Crippen LogP contribution is 2.37. The monoisotopic (exact) mass is 436 g/mol. The Labute approximate surface area is 189 Å². The summed E-state index contributed by atoms with van der Waals surface area (Å²) < 4.78 is 12.9. The molecule has 0 aliphatic carbocycles. The van der Waals surface area contributed by atoms with Crippen LogP contribution in [-0.4, -0.2) is 61.9 Å². The van der Waals surface area contributed by atoms with Crippen LogP contribution >= 0.6 is 0 Å². The van der Waals surface area contributed by atoms with Gasteiger partial charge in [-0.2, -0.15) is 0 Å². The molecule has 2 aromatic carbocycles. The third-order valence-corrected chi connectivity index (χ3v) is 6.07. The second kappa shape index (κ2) is 10.1. The lowest BCUT2D eigenvalue weighted by Gasteiger charge is -2.26. The Morgan fingerprint density at radius 3 is 2.75 bits per heavy atom. The fraction of sp³-hybridized carbons (Fsp3) is 0.400. The maximum atomic E-state index is 12.8. The lowest BCUT2D eigenvalue weighted by atomic mass is 10.1. The quantitative estimate of drug-likeness (QED) is 0.529. The van der Waals surface area contributed by atoms with Crippen LogP contribution in [0.5, 0.6) is 5.75 Å². The van der Waals surface area contributed by atoms with Gasteiger partial charge in [0.15, 0.2) is 0 Å². The van der Waals surface area contributed by atoms with Crippen molar-refractivity contribution >= 4 is 22.5 Å². The number of aromatic nitrogens is 1. The van der Waals surface area contributed by atoms with Crippen LogP contribution in [0.4, 0.5) is 5.69 Å². The Balaban J connectivity index is 1.50. The highest BCUT2D eigenvalue weighted by molar-refractivity contribution is 6.02. The zero-order chi connectivity index (χ0) is 22.5. The average Bonchev–Trinajstić information content (AvgIpc) is 3.13. The number of carbonyl (C=O) groups is 1. The summed E-state index contributed by atoms with van der Waals surface area (Å²) in [6.07, 6.45) is 0.921. The van der Waals surface area contributed by atoms with E-state index in [2.05, 4.69) is 21.7 Å². The Morgan fingerprint density at radius 2 is 2.00 bits per heavy atom. The minimum absolute atomic E-state index is 0.0618. The second-order valence-electron chi connectivity index (χ2n) is 8.03. The summed E-state index contributed by atoms with van der Waals surface area (Å²) in [5.41, 5.74) is 10.8. The summed E-state index contributed by atoms with van der Waals surface area (Å²) in [7, 11) is 1.66. The number of nitrogen functional groups attached to an aromatic ring is 1. The number of benzene rings is 2. The molecule has 2 heterocycles. The number of morpholine rings is 1. The molecule has 1 aromatic heterocycles. The molecule has 170 valence electrons. The molecule has 0 bridgehead atoms. The number of hydrogen-bond acceptors (Lipinski definition) is 5. The van der Waals surface area contributed by atoms with Crippen molar-refractivity contribution in [2.24, 2.45) is 0 Å². The van der Waals surface area contributed by atoms with Gasteiger partial charge in [-0.15, -0.1) is 0 Å². The molecular weight excluding hydrogens is 404 g/mol. The molecule has 0 radical (unpaired) electrons. The molecule has 7 nitrogen and oxygen atoms in total. The first kappa shape index (κ1) is 22.2. The van der Waals surface area contributed by atoms with E-state index in [0.29, 0.717) is 17.8 Å². The third kappa shape index (κ3) is 4.59. The van der Waals surface area contributed by atoms with Gasteiger partial charge in [0.2, 0.25) is 0 Å². The number of nitrogens with two attached hydrogens (primary N) is 1. The Kier molecular flexibility index (Phi) is 6.97. The van der Waals surface area contributed by atoms with Crippen LogP contribution in [0.3, 0.4) is 0 Å². The summed E-state index contributed by atoms with van der Waals surface area (Å²) in [6.45, 7) is 8.00. The van der Waals surface area contributed by atoms with E-state index in [1.54, 1.807) is 7.11 Å². The fourth-order valence-electron chi connectivity index (χ4n) is 4.36. The molecule has 3 aromatic rings. The fourth-order valence-corrected chi connectivity index (χ4v) is 4.36. The smallest absolute Gasteiger partial charge is 0.251 e. The highest BCUT2D eigenvalue weighted by Gasteiger charge is 2.18. The summed E-state index contributed by atoms with van der Waals surface area (Å²) in [6, 6.07) is 13.6. The maximum Gasteiger partial charge on any atom is 0.251 e. The van der Waals surface area contributed by atoms with Gasteiger partial charge in [-0.05, 0) is 44.2 Å². The molecule has 0 spiro atoms. The van der Waals surface area contributed by atoms with Crippen molar-refractivity contribution in [3.8, 4) is 17.0 Å². The number of nitrogens with zero attached hydrogens (tertiary/aromatic N) is 2. The van der Waals surface area contributed by atoms with Crippen molar-refractivity contribution in [3.05, 3.63) is 48.0 Å². The molecule has 7 heteroatoms. The number of hydrogen-bond donors (Lipinski definition) is 2. The first-order valence-electron chi connectivity index (χ1n) is 11.3. The lowest BCUT2D eigenvalue weighted by Crippen LogP contribution is -2.38. The van der Waals surface area contributed by atoms with Crippen molar-refractivity contribution in [2.75, 3.05) is 52.2 Å². The van der Waals surface area contributed by atoms with E-state index >= 15 is 0 Å². The predicted molar refractivity (Wildman–Crippen MR) is 128 cm³/mol. The van der Waals surface area contributed by atoms with E-state index in [1.165, 1.54) is 0 Å². The van der Waals surface area contributed by atoms with Gasteiger partial charge in [0.1, 0.15) is 5.75 Å². The van der Waals surface area contributed by atoms with Gasteiger partial charge >= 0.3 is 0 Å². The molecule has 3 N–H and O–H groups in total. The van der Waals surface area contributed by atoms with E-state index in [1.807, 2.05) is 42.5 Å². The van der Waals surface area contributed by atoms with E-state index in [4.69, 9.17) is 15.2 Å². The number of anilines is 1. The zero-order valence-electron chi connectivity index (χ0n) is 18.9. The molecule has 1 amide bonds. The third-order valence-electron chi connectivity index (χ3n) is 6.07. The minimum atomic E-state index is -0.0618.